The third-order valence-corrected chi connectivity index (χ3v) is 7.25. The Morgan fingerprint density at radius 3 is 1.90 bits per heavy atom. The molecule has 0 unspecified atom stereocenters. The first-order chi connectivity index (χ1) is 14.9. The highest BCUT2D eigenvalue weighted by Gasteiger charge is 2.21. The highest BCUT2D eigenvalue weighted by molar-refractivity contribution is 7.89. The van der Waals surface area contributed by atoms with Crippen molar-refractivity contribution >= 4 is 15.9 Å². The van der Waals surface area contributed by atoms with Gasteiger partial charge in [0.2, 0.25) is 15.9 Å². The number of sulfonamides is 1. The molecule has 0 aliphatic heterocycles. The summed E-state index contributed by atoms with van der Waals surface area (Å²) >= 11 is 0. The quantitative estimate of drug-likeness (QED) is 0.546. The van der Waals surface area contributed by atoms with Crippen molar-refractivity contribution in [3.05, 3.63) is 90.0 Å². The Kier molecular flexibility index (Phi) is 7.60. The molecular weight excluding hydrogens is 408 g/mol. The molecule has 0 aliphatic rings. The number of benzene rings is 3. The largest absolute Gasteiger partial charge is 0.352 e. The van der Waals surface area contributed by atoms with Gasteiger partial charge in [0.05, 0.1) is 11.3 Å². The van der Waals surface area contributed by atoms with Gasteiger partial charge in [0.25, 0.3) is 0 Å². The first-order valence-electron chi connectivity index (χ1n) is 10.4. The number of nitrogens with one attached hydrogen (secondary N) is 1. The zero-order chi connectivity index (χ0) is 22.3. The average molecular weight is 437 g/mol. The van der Waals surface area contributed by atoms with Crippen molar-refractivity contribution in [2.45, 2.75) is 31.7 Å². The van der Waals surface area contributed by atoms with Crippen molar-refractivity contribution in [2.24, 2.45) is 0 Å². The maximum absolute atomic E-state index is 12.5. The lowest BCUT2D eigenvalue weighted by Gasteiger charge is -2.18. The molecule has 1 amide bonds. The van der Waals surface area contributed by atoms with Gasteiger partial charge in [-0.25, -0.2) is 8.42 Å². The van der Waals surface area contributed by atoms with Crippen LogP contribution in [0.5, 0.6) is 0 Å². The fourth-order valence-corrected chi connectivity index (χ4v) is 4.84. The monoisotopic (exact) mass is 436 g/mol. The van der Waals surface area contributed by atoms with Crippen LogP contribution in [0.3, 0.4) is 0 Å². The van der Waals surface area contributed by atoms with Gasteiger partial charge >= 0.3 is 0 Å². The second kappa shape index (κ2) is 10.4. The minimum absolute atomic E-state index is 0.0766. The van der Waals surface area contributed by atoms with Crippen LogP contribution in [0, 0.1) is 0 Å². The van der Waals surface area contributed by atoms with Crippen molar-refractivity contribution in [1.29, 1.82) is 0 Å². The van der Waals surface area contributed by atoms with E-state index in [1.165, 1.54) is 4.31 Å². The van der Waals surface area contributed by atoms with Gasteiger partial charge < -0.3 is 5.32 Å². The van der Waals surface area contributed by atoms with E-state index in [1.54, 1.807) is 24.3 Å². The predicted molar refractivity (Wildman–Crippen MR) is 124 cm³/mol. The molecule has 0 saturated heterocycles. The molecule has 31 heavy (non-hydrogen) atoms. The van der Waals surface area contributed by atoms with Gasteiger partial charge in [-0.2, -0.15) is 4.31 Å². The van der Waals surface area contributed by atoms with E-state index < -0.39 is 10.0 Å². The summed E-state index contributed by atoms with van der Waals surface area (Å²) in [6, 6.07) is 24.7. The maximum Gasteiger partial charge on any atom is 0.243 e. The Morgan fingerprint density at radius 1 is 0.774 bits per heavy atom. The fourth-order valence-electron chi connectivity index (χ4n) is 3.39. The molecule has 0 aliphatic carbocycles. The van der Waals surface area contributed by atoms with Crippen LogP contribution >= 0.6 is 0 Å². The van der Waals surface area contributed by atoms with E-state index in [2.05, 4.69) is 17.4 Å². The normalized spacial score (nSPS) is 11.5. The first kappa shape index (κ1) is 22.7. The molecule has 5 nitrogen and oxygen atoms in total. The molecule has 0 aromatic heterocycles. The lowest BCUT2D eigenvalue weighted by Crippen LogP contribution is -2.30. The number of hydrogen-bond acceptors (Lipinski definition) is 3. The van der Waals surface area contributed by atoms with Crippen molar-refractivity contribution in [2.75, 3.05) is 13.1 Å². The number of rotatable bonds is 9. The molecule has 0 spiro atoms. The van der Waals surface area contributed by atoms with Gasteiger partial charge in [-0.15, -0.1) is 0 Å². The van der Waals surface area contributed by atoms with E-state index in [0.717, 1.165) is 22.3 Å². The molecule has 3 rings (SSSR count). The second-order valence-electron chi connectivity index (χ2n) is 7.25. The average Bonchev–Trinajstić information content (AvgIpc) is 2.80. The molecule has 0 saturated carbocycles. The summed E-state index contributed by atoms with van der Waals surface area (Å²) in [4.78, 5) is 12.6. The Hall–Kier alpha value is -2.96. The van der Waals surface area contributed by atoms with Gasteiger partial charge in [-0.1, -0.05) is 80.6 Å². The van der Waals surface area contributed by atoms with Crippen LogP contribution in [0.4, 0.5) is 0 Å². The van der Waals surface area contributed by atoms with E-state index in [1.807, 2.05) is 56.3 Å². The number of hydrogen-bond donors (Lipinski definition) is 1. The van der Waals surface area contributed by atoms with Gasteiger partial charge in [-0.05, 0) is 34.4 Å². The molecule has 0 heterocycles. The third-order valence-electron chi connectivity index (χ3n) is 5.18. The smallest absolute Gasteiger partial charge is 0.243 e. The van der Waals surface area contributed by atoms with E-state index in [0.29, 0.717) is 26.1 Å². The minimum Gasteiger partial charge on any atom is -0.352 e. The van der Waals surface area contributed by atoms with Crippen LogP contribution < -0.4 is 5.32 Å². The van der Waals surface area contributed by atoms with Crippen molar-refractivity contribution in [3.8, 4) is 11.1 Å². The molecule has 0 fully saturated rings. The highest BCUT2D eigenvalue weighted by Crippen LogP contribution is 2.19. The third kappa shape index (κ3) is 5.81. The zero-order valence-corrected chi connectivity index (χ0v) is 18.7. The lowest BCUT2D eigenvalue weighted by atomic mass is 10.0. The van der Waals surface area contributed by atoms with Crippen LogP contribution in [0.1, 0.15) is 25.0 Å². The molecule has 162 valence electrons. The molecule has 1 N–H and O–H groups in total. The summed E-state index contributed by atoms with van der Waals surface area (Å²) < 4.78 is 26.5. The molecule has 0 radical (unpaired) electrons. The molecular formula is C25H28N2O3S. The van der Waals surface area contributed by atoms with E-state index in [4.69, 9.17) is 0 Å². The SMILES string of the molecule is CCN(CC)S(=O)(=O)c1ccc(CNC(=O)Cc2ccc(-c3ccccc3)cc2)cc1. The maximum atomic E-state index is 12.5. The standard InChI is InChI=1S/C25H28N2O3S/c1-3-27(4-2)31(29,30)24-16-12-21(13-17-24)19-26-25(28)18-20-10-14-23(15-11-20)22-8-6-5-7-9-22/h5-17H,3-4,18-19H2,1-2H3,(H,26,28). The van der Waals surface area contributed by atoms with E-state index >= 15 is 0 Å². The van der Waals surface area contributed by atoms with Crippen LogP contribution in [0.15, 0.2) is 83.8 Å². The van der Waals surface area contributed by atoms with Gasteiger partial charge in [0, 0.05) is 19.6 Å². The second-order valence-corrected chi connectivity index (χ2v) is 9.19. The number of carbonyl (C=O) groups excluding carboxylic acids is 1. The first-order valence-corrected chi connectivity index (χ1v) is 11.9. The summed E-state index contributed by atoms with van der Waals surface area (Å²) in [5.41, 5.74) is 4.05. The van der Waals surface area contributed by atoms with Gasteiger partial charge in [0.15, 0.2) is 0 Å². The van der Waals surface area contributed by atoms with Crippen LogP contribution in [-0.4, -0.2) is 31.7 Å². The van der Waals surface area contributed by atoms with E-state index in [9.17, 15) is 13.2 Å². The summed E-state index contributed by atoms with van der Waals surface area (Å²) in [7, 11) is -3.47. The lowest BCUT2D eigenvalue weighted by molar-refractivity contribution is -0.120. The Bertz CT molecular complexity index is 1090. The Morgan fingerprint density at radius 2 is 1.32 bits per heavy atom. The Balaban J connectivity index is 1.55. The molecule has 6 heteroatoms. The Labute approximate surface area is 184 Å². The van der Waals surface area contributed by atoms with Gasteiger partial charge in [0.1, 0.15) is 0 Å². The molecule has 3 aromatic rings. The predicted octanol–water partition coefficient (Wildman–Crippen LogP) is 4.24. The zero-order valence-electron chi connectivity index (χ0n) is 17.9. The molecule has 3 aromatic carbocycles. The van der Waals surface area contributed by atoms with Crippen LogP contribution in [-0.2, 0) is 27.8 Å². The van der Waals surface area contributed by atoms with Gasteiger partial charge in [-0.3, -0.25) is 4.79 Å². The van der Waals surface area contributed by atoms with Crippen LogP contribution in [0.2, 0.25) is 0 Å². The van der Waals surface area contributed by atoms with Crippen LogP contribution in [0.25, 0.3) is 11.1 Å². The summed E-state index contributed by atoms with van der Waals surface area (Å²) in [6.45, 7) is 4.86. The van der Waals surface area contributed by atoms with Crippen molar-refractivity contribution in [1.82, 2.24) is 9.62 Å². The number of amides is 1. The summed E-state index contributed by atoms with van der Waals surface area (Å²) in [6.07, 6.45) is 0.295. The molecule has 0 bridgehead atoms. The number of nitrogens with zero attached hydrogens (tertiary/aromatic N) is 1. The highest BCUT2D eigenvalue weighted by atomic mass is 32.2. The molecule has 0 atom stereocenters. The summed E-state index contributed by atoms with van der Waals surface area (Å²) in [5, 5.41) is 2.90. The minimum atomic E-state index is -3.47. The topological polar surface area (TPSA) is 66.5 Å². The number of carbonyl (C=O) groups is 1. The van der Waals surface area contributed by atoms with Crippen molar-refractivity contribution < 1.29 is 13.2 Å². The van der Waals surface area contributed by atoms with E-state index in [-0.39, 0.29) is 10.8 Å². The summed E-state index contributed by atoms with van der Waals surface area (Å²) in [5.74, 6) is -0.0766. The fraction of sp³-hybridized carbons (Fsp3) is 0.240. The van der Waals surface area contributed by atoms with Crippen molar-refractivity contribution in [3.63, 3.8) is 0 Å².